The van der Waals surface area contributed by atoms with Crippen molar-refractivity contribution in [3.63, 3.8) is 0 Å². The van der Waals surface area contributed by atoms with E-state index in [-0.39, 0.29) is 6.10 Å². The zero-order chi connectivity index (χ0) is 8.39. The molecule has 0 radical (unpaired) electrons. The monoisotopic (exact) mass is 171 g/mol. The van der Waals surface area contributed by atoms with Gasteiger partial charge in [0.1, 0.15) is 0 Å². The van der Waals surface area contributed by atoms with Crippen LogP contribution in [-0.2, 0) is 4.74 Å². The number of rotatable bonds is 2. The zero-order valence-corrected chi connectivity index (χ0v) is 7.41. The standard InChI is InChI=1S/C9H17NO2/c11-9-1-3-10(6-9)5-8-2-4-12-7-8/h8-9,11H,1-7H2/t8?,9-/m1/s1. The number of likely N-dealkylation sites (tertiary alicyclic amines) is 1. The van der Waals surface area contributed by atoms with Crippen LogP contribution in [0.5, 0.6) is 0 Å². The van der Waals surface area contributed by atoms with E-state index in [2.05, 4.69) is 4.90 Å². The normalized spacial score (nSPS) is 37.8. The van der Waals surface area contributed by atoms with Crippen LogP contribution in [0.1, 0.15) is 12.8 Å². The SMILES string of the molecule is O[C@@H]1CCN(CC2CCOC2)C1. The number of β-amino-alcohol motifs (C(OH)–C–C–N with tert-alkyl or cyclic N) is 1. The molecule has 0 spiro atoms. The number of aliphatic hydroxyl groups excluding tert-OH is 1. The Labute approximate surface area is 73.3 Å². The summed E-state index contributed by atoms with van der Waals surface area (Å²) in [5.41, 5.74) is 0. The van der Waals surface area contributed by atoms with E-state index >= 15 is 0 Å². The Hall–Kier alpha value is -0.120. The van der Waals surface area contributed by atoms with Gasteiger partial charge in [0.05, 0.1) is 12.7 Å². The van der Waals surface area contributed by atoms with Crippen LogP contribution in [0.2, 0.25) is 0 Å². The molecule has 0 aliphatic carbocycles. The summed E-state index contributed by atoms with van der Waals surface area (Å²) in [5.74, 6) is 0.718. The molecule has 3 nitrogen and oxygen atoms in total. The molecule has 2 saturated heterocycles. The highest BCUT2D eigenvalue weighted by molar-refractivity contribution is 4.77. The first-order valence-electron chi connectivity index (χ1n) is 4.83. The molecular formula is C9H17NO2. The van der Waals surface area contributed by atoms with Gasteiger partial charge in [-0.25, -0.2) is 0 Å². The van der Waals surface area contributed by atoms with Crippen molar-refractivity contribution < 1.29 is 9.84 Å². The molecule has 0 bridgehead atoms. The van der Waals surface area contributed by atoms with Gasteiger partial charge < -0.3 is 14.7 Å². The number of hydrogen-bond acceptors (Lipinski definition) is 3. The van der Waals surface area contributed by atoms with E-state index in [0.717, 1.165) is 45.2 Å². The highest BCUT2D eigenvalue weighted by Gasteiger charge is 2.24. The van der Waals surface area contributed by atoms with Gasteiger partial charge in [-0.05, 0) is 18.8 Å². The molecule has 2 heterocycles. The molecule has 0 aromatic heterocycles. The second-order valence-corrected chi connectivity index (χ2v) is 3.93. The summed E-state index contributed by atoms with van der Waals surface area (Å²) < 4.78 is 5.31. The van der Waals surface area contributed by atoms with Gasteiger partial charge in [0.15, 0.2) is 0 Å². The Morgan fingerprint density at radius 1 is 1.42 bits per heavy atom. The molecule has 2 atom stereocenters. The van der Waals surface area contributed by atoms with E-state index in [0.29, 0.717) is 0 Å². The summed E-state index contributed by atoms with van der Waals surface area (Å²) in [4.78, 5) is 2.35. The predicted octanol–water partition coefficient (Wildman–Crippen LogP) is 0.0895. The summed E-state index contributed by atoms with van der Waals surface area (Å²) in [6, 6.07) is 0. The third-order valence-electron chi connectivity index (χ3n) is 2.79. The van der Waals surface area contributed by atoms with Crippen LogP contribution in [0.25, 0.3) is 0 Å². The maximum absolute atomic E-state index is 9.30. The lowest BCUT2D eigenvalue weighted by atomic mass is 10.1. The third kappa shape index (κ3) is 1.97. The molecule has 2 aliphatic heterocycles. The van der Waals surface area contributed by atoms with E-state index in [1.807, 2.05) is 0 Å². The molecule has 1 N–H and O–H groups in total. The van der Waals surface area contributed by atoms with Gasteiger partial charge in [0.2, 0.25) is 0 Å². The Morgan fingerprint density at radius 2 is 2.33 bits per heavy atom. The van der Waals surface area contributed by atoms with Crippen LogP contribution in [0.4, 0.5) is 0 Å². The van der Waals surface area contributed by atoms with Crippen molar-refractivity contribution in [3.8, 4) is 0 Å². The van der Waals surface area contributed by atoms with Crippen molar-refractivity contribution >= 4 is 0 Å². The van der Waals surface area contributed by atoms with Crippen LogP contribution in [0.3, 0.4) is 0 Å². The van der Waals surface area contributed by atoms with E-state index in [1.165, 1.54) is 6.42 Å². The second-order valence-electron chi connectivity index (χ2n) is 3.93. The topological polar surface area (TPSA) is 32.7 Å². The smallest absolute Gasteiger partial charge is 0.0679 e. The van der Waals surface area contributed by atoms with Crippen LogP contribution >= 0.6 is 0 Å². The largest absolute Gasteiger partial charge is 0.392 e. The van der Waals surface area contributed by atoms with Crippen LogP contribution < -0.4 is 0 Å². The second kappa shape index (κ2) is 3.73. The fourth-order valence-electron chi connectivity index (χ4n) is 2.07. The lowest BCUT2D eigenvalue weighted by molar-refractivity contribution is 0.156. The summed E-state index contributed by atoms with van der Waals surface area (Å²) in [7, 11) is 0. The van der Waals surface area contributed by atoms with Crippen LogP contribution in [0.15, 0.2) is 0 Å². The molecule has 2 rings (SSSR count). The van der Waals surface area contributed by atoms with Crippen molar-refractivity contribution in [1.82, 2.24) is 4.90 Å². The number of ether oxygens (including phenoxy) is 1. The molecule has 70 valence electrons. The first kappa shape index (κ1) is 8.48. The lowest BCUT2D eigenvalue weighted by Gasteiger charge is -2.18. The lowest BCUT2D eigenvalue weighted by Crippen LogP contribution is -2.28. The molecule has 0 aromatic rings. The molecule has 0 aromatic carbocycles. The number of nitrogens with zero attached hydrogens (tertiary/aromatic N) is 1. The summed E-state index contributed by atoms with van der Waals surface area (Å²) >= 11 is 0. The van der Waals surface area contributed by atoms with Crippen molar-refractivity contribution in [1.29, 1.82) is 0 Å². The molecule has 1 unspecified atom stereocenters. The molecule has 3 heteroatoms. The van der Waals surface area contributed by atoms with Crippen LogP contribution in [-0.4, -0.2) is 49.0 Å². The number of aliphatic hydroxyl groups is 1. The molecular weight excluding hydrogens is 154 g/mol. The molecule has 0 amide bonds. The fourth-order valence-corrected chi connectivity index (χ4v) is 2.07. The van der Waals surface area contributed by atoms with Crippen molar-refractivity contribution in [2.75, 3.05) is 32.8 Å². The summed E-state index contributed by atoms with van der Waals surface area (Å²) in [6.45, 7) is 4.92. The molecule has 0 saturated carbocycles. The van der Waals surface area contributed by atoms with E-state index in [9.17, 15) is 5.11 Å². The molecule has 2 fully saturated rings. The van der Waals surface area contributed by atoms with E-state index in [4.69, 9.17) is 4.74 Å². The molecule has 2 aliphatic rings. The Balaban J connectivity index is 1.72. The quantitative estimate of drug-likeness (QED) is 0.639. The van der Waals surface area contributed by atoms with Crippen LogP contribution in [0, 0.1) is 5.92 Å². The highest BCUT2D eigenvalue weighted by atomic mass is 16.5. The predicted molar refractivity (Wildman–Crippen MR) is 46.0 cm³/mol. The minimum atomic E-state index is -0.0766. The first-order chi connectivity index (χ1) is 5.84. The van der Waals surface area contributed by atoms with Gasteiger partial charge in [-0.1, -0.05) is 0 Å². The van der Waals surface area contributed by atoms with Gasteiger partial charge in [-0.2, -0.15) is 0 Å². The van der Waals surface area contributed by atoms with Gasteiger partial charge in [0.25, 0.3) is 0 Å². The zero-order valence-electron chi connectivity index (χ0n) is 7.41. The van der Waals surface area contributed by atoms with Crippen molar-refractivity contribution in [3.05, 3.63) is 0 Å². The highest BCUT2D eigenvalue weighted by Crippen LogP contribution is 2.17. The Morgan fingerprint density at radius 3 is 2.92 bits per heavy atom. The maximum atomic E-state index is 9.30. The van der Waals surface area contributed by atoms with Gasteiger partial charge in [-0.15, -0.1) is 0 Å². The van der Waals surface area contributed by atoms with Gasteiger partial charge >= 0.3 is 0 Å². The average Bonchev–Trinajstić information content (AvgIpc) is 2.63. The molecule has 12 heavy (non-hydrogen) atoms. The van der Waals surface area contributed by atoms with Crippen molar-refractivity contribution in [2.24, 2.45) is 5.92 Å². The van der Waals surface area contributed by atoms with E-state index < -0.39 is 0 Å². The summed E-state index contributed by atoms with van der Waals surface area (Å²) in [6.07, 6.45) is 2.08. The maximum Gasteiger partial charge on any atom is 0.0679 e. The summed E-state index contributed by atoms with van der Waals surface area (Å²) in [5, 5.41) is 9.30. The third-order valence-corrected chi connectivity index (χ3v) is 2.79. The fraction of sp³-hybridized carbons (Fsp3) is 1.00. The Kier molecular flexibility index (Phi) is 2.63. The van der Waals surface area contributed by atoms with Gasteiger partial charge in [-0.3, -0.25) is 0 Å². The van der Waals surface area contributed by atoms with Crippen molar-refractivity contribution in [2.45, 2.75) is 18.9 Å². The van der Waals surface area contributed by atoms with Gasteiger partial charge in [0, 0.05) is 26.2 Å². The minimum Gasteiger partial charge on any atom is -0.392 e. The average molecular weight is 171 g/mol. The Bertz CT molecular complexity index is 145. The first-order valence-corrected chi connectivity index (χ1v) is 4.83. The van der Waals surface area contributed by atoms with E-state index in [1.54, 1.807) is 0 Å². The minimum absolute atomic E-state index is 0.0766. The number of hydrogen-bond donors (Lipinski definition) is 1.